The van der Waals surface area contributed by atoms with Crippen molar-refractivity contribution in [2.24, 2.45) is 5.73 Å². The Morgan fingerprint density at radius 3 is 2.57 bits per heavy atom. The van der Waals surface area contributed by atoms with Gasteiger partial charge in [-0.2, -0.15) is 5.26 Å². The van der Waals surface area contributed by atoms with E-state index in [1.54, 1.807) is 12.1 Å². The molecular formula is C23H22N8O4. The number of nitrogen functional groups attached to an aromatic ring is 1. The summed E-state index contributed by atoms with van der Waals surface area (Å²) >= 11 is 0. The molecule has 1 fully saturated rings. The van der Waals surface area contributed by atoms with Gasteiger partial charge in [-0.25, -0.2) is 19.4 Å². The number of likely N-dealkylation sites (tertiary alicyclic amines) is 1. The fourth-order valence-corrected chi connectivity index (χ4v) is 4.09. The summed E-state index contributed by atoms with van der Waals surface area (Å²) in [5.41, 5.74) is 6.84. The van der Waals surface area contributed by atoms with Crippen LogP contribution in [0.4, 0.5) is 10.6 Å². The summed E-state index contributed by atoms with van der Waals surface area (Å²) in [7, 11) is 0. The number of hydrogen-bond acceptors (Lipinski definition) is 7. The van der Waals surface area contributed by atoms with Gasteiger partial charge >= 0.3 is 6.09 Å². The minimum Gasteiger partial charge on any atom is -0.465 e. The van der Waals surface area contributed by atoms with Crippen LogP contribution in [0.15, 0.2) is 42.6 Å². The number of aromatic nitrogens is 3. The number of carbonyl (C=O) groups excluding carboxylic acids is 2. The molecule has 1 aliphatic rings. The van der Waals surface area contributed by atoms with Crippen LogP contribution in [0.3, 0.4) is 0 Å². The summed E-state index contributed by atoms with van der Waals surface area (Å²) in [4.78, 5) is 46.3. The van der Waals surface area contributed by atoms with Crippen LogP contribution in [0.1, 0.15) is 57.5 Å². The van der Waals surface area contributed by atoms with Crippen LogP contribution in [0.2, 0.25) is 0 Å². The zero-order valence-corrected chi connectivity index (χ0v) is 18.5. The Bertz CT molecular complexity index is 1340. The molecule has 0 aliphatic carbocycles. The highest BCUT2D eigenvalue weighted by Gasteiger charge is 2.34. The molecule has 12 heteroatoms. The fourth-order valence-electron chi connectivity index (χ4n) is 4.09. The van der Waals surface area contributed by atoms with Gasteiger partial charge in [-0.15, -0.1) is 0 Å². The summed E-state index contributed by atoms with van der Waals surface area (Å²) < 4.78 is 1.05. The molecular weight excluding hydrogens is 452 g/mol. The third kappa shape index (κ3) is 4.60. The second kappa shape index (κ2) is 9.52. The summed E-state index contributed by atoms with van der Waals surface area (Å²) in [6.07, 6.45) is 2.35. The zero-order chi connectivity index (χ0) is 25.1. The fraction of sp³-hybridized carbons (Fsp3) is 0.217. The molecule has 178 valence electrons. The summed E-state index contributed by atoms with van der Waals surface area (Å²) in [6, 6.07) is 10.6. The van der Waals surface area contributed by atoms with Crippen LogP contribution in [-0.4, -0.2) is 49.1 Å². The largest absolute Gasteiger partial charge is 0.465 e. The van der Waals surface area contributed by atoms with E-state index in [0.717, 1.165) is 17.5 Å². The number of rotatable bonds is 5. The van der Waals surface area contributed by atoms with Gasteiger partial charge < -0.3 is 22.0 Å². The average Bonchev–Trinajstić information content (AvgIpc) is 3.21. The Balaban J connectivity index is 1.64. The van der Waals surface area contributed by atoms with E-state index in [-0.39, 0.29) is 23.0 Å². The zero-order valence-electron chi connectivity index (χ0n) is 18.5. The average molecular weight is 474 g/mol. The number of piperidine rings is 1. The maximum Gasteiger partial charge on any atom is 0.407 e. The van der Waals surface area contributed by atoms with Crippen molar-refractivity contribution in [1.29, 1.82) is 5.26 Å². The summed E-state index contributed by atoms with van der Waals surface area (Å²) in [5, 5.41) is 21.2. The topological polar surface area (TPSA) is 193 Å². The molecule has 0 bridgehead atoms. The Morgan fingerprint density at radius 2 is 1.91 bits per heavy atom. The third-order valence-electron chi connectivity index (χ3n) is 5.77. The number of carboxylic acid groups (broad SMARTS) is 1. The third-order valence-corrected chi connectivity index (χ3v) is 5.77. The van der Waals surface area contributed by atoms with Gasteiger partial charge in [0.05, 0.1) is 17.7 Å². The Morgan fingerprint density at radius 1 is 1.17 bits per heavy atom. The molecule has 35 heavy (non-hydrogen) atoms. The standard InChI is InChI=1S/C23H22N8O4/c24-12-13-8-9-27-17(11-13)28-22(33)15-6-4-14(5-7-15)18-19(20(25)32)31(26)21(29-18)16-3-1-2-10-30(16)23(34)35/h4-9,11,16H,1-3,10,26H2,(H2,25,32)(H,34,35)(H,27,28,33)/t16-/m0/s1. The molecule has 0 spiro atoms. The second-order valence-electron chi connectivity index (χ2n) is 7.96. The molecule has 1 saturated heterocycles. The van der Waals surface area contributed by atoms with Crippen LogP contribution >= 0.6 is 0 Å². The minimum atomic E-state index is -1.09. The van der Waals surface area contributed by atoms with Crippen LogP contribution in [-0.2, 0) is 0 Å². The molecule has 3 heterocycles. The first kappa shape index (κ1) is 23.2. The number of amides is 3. The van der Waals surface area contributed by atoms with Crippen LogP contribution in [0.5, 0.6) is 0 Å². The molecule has 0 radical (unpaired) electrons. The Labute approximate surface area is 199 Å². The lowest BCUT2D eigenvalue weighted by Crippen LogP contribution is -2.39. The smallest absolute Gasteiger partial charge is 0.407 e. The first-order chi connectivity index (χ1) is 16.8. The lowest BCUT2D eigenvalue weighted by molar-refractivity contribution is 0.0986. The van der Waals surface area contributed by atoms with Gasteiger partial charge in [0.15, 0.2) is 11.5 Å². The number of hydrogen-bond donors (Lipinski definition) is 4. The number of nitrogens with two attached hydrogens (primary N) is 2. The molecule has 1 aromatic carbocycles. The number of benzene rings is 1. The number of pyridine rings is 1. The maximum atomic E-state index is 12.6. The number of nitrogens with one attached hydrogen (secondary N) is 1. The van der Waals surface area contributed by atoms with Crippen LogP contribution < -0.4 is 16.9 Å². The van der Waals surface area contributed by atoms with Crippen molar-refractivity contribution in [2.45, 2.75) is 25.3 Å². The minimum absolute atomic E-state index is 0.0642. The lowest BCUT2D eigenvalue weighted by Gasteiger charge is -2.32. The van der Waals surface area contributed by atoms with E-state index in [9.17, 15) is 19.5 Å². The number of anilines is 1. The summed E-state index contributed by atoms with van der Waals surface area (Å²) in [6.45, 7) is 0.337. The van der Waals surface area contributed by atoms with Crippen molar-refractivity contribution >= 4 is 23.7 Å². The van der Waals surface area contributed by atoms with Crippen molar-refractivity contribution in [3.63, 3.8) is 0 Å². The van der Waals surface area contributed by atoms with Gasteiger partial charge in [-0.05, 0) is 43.5 Å². The van der Waals surface area contributed by atoms with E-state index in [2.05, 4.69) is 15.3 Å². The van der Waals surface area contributed by atoms with Gasteiger partial charge in [0.1, 0.15) is 11.5 Å². The van der Waals surface area contributed by atoms with E-state index in [1.807, 2.05) is 6.07 Å². The van der Waals surface area contributed by atoms with Crippen LogP contribution in [0.25, 0.3) is 11.3 Å². The van der Waals surface area contributed by atoms with E-state index in [0.29, 0.717) is 29.7 Å². The molecule has 1 aliphatic heterocycles. The Kier molecular flexibility index (Phi) is 6.32. The second-order valence-corrected chi connectivity index (χ2v) is 7.96. The molecule has 3 amide bonds. The number of nitriles is 1. The predicted molar refractivity (Wildman–Crippen MR) is 125 cm³/mol. The molecule has 3 aromatic rings. The van der Waals surface area contributed by atoms with Gasteiger partial charge in [0.2, 0.25) is 0 Å². The first-order valence-electron chi connectivity index (χ1n) is 10.7. The normalized spacial score (nSPS) is 15.3. The van der Waals surface area contributed by atoms with Gasteiger partial charge in [-0.3, -0.25) is 14.5 Å². The summed E-state index contributed by atoms with van der Waals surface area (Å²) in [5.74, 6) is 5.36. The van der Waals surface area contributed by atoms with Gasteiger partial charge in [0.25, 0.3) is 11.8 Å². The monoisotopic (exact) mass is 474 g/mol. The molecule has 0 unspecified atom stereocenters. The number of nitrogens with zero attached hydrogens (tertiary/aromatic N) is 5. The van der Waals surface area contributed by atoms with E-state index in [1.165, 1.54) is 35.4 Å². The van der Waals surface area contributed by atoms with Gasteiger partial charge in [-0.1, -0.05) is 12.1 Å². The van der Waals surface area contributed by atoms with Crippen LogP contribution in [0, 0.1) is 11.3 Å². The van der Waals surface area contributed by atoms with Gasteiger partial charge in [0, 0.05) is 23.9 Å². The Hall–Kier alpha value is -4.92. The highest BCUT2D eigenvalue weighted by molar-refractivity contribution is 6.04. The van der Waals surface area contributed by atoms with Crippen molar-refractivity contribution in [2.75, 3.05) is 17.7 Å². The van der Waals surface area contributed by atoms with E-state index < -0.39 is 23.9 Å². The predicted octanol–water partition coefficient (Wildman–Crippen LogP) is 2.09. The quantitative estimate of drug-likeness (QED) is 0.403. The molecule has 4 rings (SSSR count). The van der Waals surface area contributed by atoms with E-state index in [4.69, 9.17) is 16.8 Å². The number of imidazole rings is 1. The molecule has 0 saturated carbocycles. The highest BCUT2D eigenvalue weighted by atomic mass is 16.4. The molecule has 1 atom stereocenters. The number of carbonyl (C=O) groups is 3. The molecule has 2 aromatic heterocycles. The van der Waals surface area contributed by atoms with Crippen molar-refractivity contribution in [3.05, 3.63) is 65.2 Å². The molecule has 6 N–H and O–H groups in total. The highest BCUT2D eigenvalue weighted by Crippen LogP contribution is 2.33. The lowest BCUT2D eigenvalue weighted by atomic mass is 10.0. The van der Waals surface area contributed by atoms with Crippen molar-refractivity contribution < 1.29 is 19.5 Å². The van der Waals surface area contributed by atoms with E-state index >= 15 is 0 Å². The van der Waals surface area contributed by atoms with Crippen molar-refractivity contribution in [1.82, 2.24) is 19.5 Å². The van der Waals surface area contributed by atoms with Crippen molar-refractivity contribution in [3.8, 4) is 17.3 Å². The maximum absolute atomic E-state index is 12.6. The molecule has 12 nitrogen and oxygen atoms in total. The number of primary amides is 1. The first-order valence-corrected chi connectivity index (χ1v) is 10.7. The SMILES string of the molecule is N#Cc1ccnc(NC(=O)c2ccc(-c3nc([C@@H]4CCCCN4C(=O)O)n(N)c3C(N)=O)cc2)c1.